The second kappa shape index (κ2) is 6.07. The molecule has 0 amide bonds. The van der Waals surface area contributed by atoms with E-state index in [0.717, 1.165) is 21.6 Å². The van der Waals surface area contributed by atoms with Crippen LogP contribution in [0, 0.1) is 5.92 Å². The summed E-state index contributed by atoms with van der Waals surface area (Å²) in [5, 5.41) is 9.46. The summed E-state index contributed by atoms with van der Waals surface area (Å²) in [5.74, 6) is 0.870. The minimum absolute atomic E-state index is 0.107. The van der Waals surface area contributed by atoms with Crippen LogP contribution in [-0.2, 0) is 6.61 Å². The molecule has 100 valence electrons. The first-order chi connectivity index (χ1) is 8.61. The zero-order valence-corrected chi connectivity index (χ0v) is 12.8. The van der Waals surface area contributed by atoms with Crippen molar-refractivity contribution in [2.75, 3.05) is 11.9 Å². The van der Waals surface area contributed by atoms with Gasteiger partial charge in [0.15, 0.2) is 0 Å². The van der Waals surface area contributed by atoms with Crippen molar-refractivity contribution in [3.8, 4) is 0 Å². The third-order valence-corrected chi connectivity index (χ3v) is 4.62. The summed E-state index contributed by atoms with van der Waals surface area (Å²) in [6.07, 6.45) is 5.15. The van der Waals surface area contributed by atoms with Gasteiger partial charge >= 0.3 is 0 Å². The summed E-state index contributed by atoms with van der Waals surface area (Å²) in [6, 6.07) is 6.72. The highest BCUT2D eigenvalue weighted by molar-refractivity contribution is 9.10. The second-order valence-electron chi connectivity index (χ2n) is 5.46. The molecule has 0 heterocycles. The molecule has 1 aliphatic rings. The average molecular weight is 312 g/mol. The molecule has 1 saturated carbocycles. The Morgan fingerprint density at radius 2 is 1.94 bits per heavy atom. The van der Waals surface area contributed by atoms with Crippen molar-refractivity contribution in [3.63, 3.8) is 0 Å². The highest BCUT2D eigenvalue weighted by Gasteiger charge is 2.23. The molecule has 2 rings (SSSR count). The van der Waals surface area contributed by atoms with E-state index in [4.69, 9.17) is 0 Å². The van der Waals surface area contributed by atoms with Crippen LogP contribution in [0.1, 0.15) is 38.2 Å². The molecule has 1 aromatic carbocycles. The summed E-state index contributed by atoms with van der Waals surface area (Å²) < 4.78 is 1.07. The van der Waals surface area contributed by atoms with Gasteiger partial charge in [-0.25, -0.2) is 0 Å². The van der Waals surface area contributed by atoms with E-state index in [1.54, 1.807) is 0 Å². The normalized spacial score (nSPS) is 24.0. The minimum Gasteiger partial charge on any atom is -0.392 e. The zero-order chi connectivity index (χ0) is 13.1. The molecular formula is C15H22BrNO. The highest BCUT2D eigenvalue weighted by atomic mass is 79.9. The van der Waals surface area contributed by atoms with E-state index in [0.29, 0.717) is 6.04 Å². The molecule has 1 N–H and O–H groups in total. The number of nitrogens with zero attached hydrogens (tertiary/aromatic N) is 1. The Morgan fingerprint density at radius 3 is 2.56 bits per heavy atom. The Kier molecular flexibility index (Phi) is 4.68. The van der Waals surface area contributed by atoms with Crippen LogP contribution >= 0.6 is 15.9 Å². The van der Waals surface area contributed by atoms with Crippen molar-refractivity contribution in [2.45, 2.75) is 45.3 Å². The van der Waals surface area contributed by atoms with Crippen LogP contribution in [0.3, 0.4) is 0 Å². The molecule has 0 bridgehead atoms. The van der Waals surface area contributed by atoms with Crippen LogP contribution in [-0.4, -0.2) is 18.2 Å². The summed E-state index contributed by atoms with van der Waals surface area (Å²) in [6.45, 7) is 2.45. The SMILES string of the molecule is CC1CCC(N(C)c2cc(Br)ccc2CO)CC1. The van der Waals surface area contributed by atoms with Crippen molar-refractivity contribution in [2.24, 2.45) is 5.92 Å². The van der Waals surface area contributed by atoms with Gasteiger partial charge in [0.25, 0.3) is 0 Å². The van der Waals surface area contributed by atoms with E-state index in [2.05, 4.69) is 40.9 Å². The molecule has 0 spiro atoms. The average Bonchev–Trinajstić information content (AvgIpc) is 2.39. The van der Waals surface area contributed by atoms with Gasteiger partial charge in [0, 0.05) is 28.8 Å². The Balaban J connectivity index is 2.17. The fourth-order valence-electron chi connectivity index (χ4n) is 2.83. The van der Waals surface area contributed by atoms with Crippen LogP contribution in [0.5, 0.6) is 0 Å². The van der Waals surface area contributed by atoms with Crippen molar-refractivity contribution in [1.29, 1.82) is 0 Å². The summed E-state index contributed by atoms with van der Waals surface area (Å²) >= 11 is 3.52. The quantitative estimate of drug-likeness (QED) is 0.913. The Labute approximate surface area is 118 Å². The van der Waals surface area contributed by atoms with Crippen molar-refractivity contribution < 1.29 is 5.11 Å². The first kappa shape index (κ1) is 13.9. The van der Waals surface area contributed by atoms with Crippen molar-refractivity contribution in [3.05, 3.63) is 28.2 Å². The van der Waals surface area contributed by atoms with E-state index in [1.807, 2.05) is 12.1 Å². The molecule has 3 heteroatoms. The summed E-state index contributed by atoms with van der Waals surface area (Å²) in [4.78, 5) is 2.35. The first-order valence-corrected chi connectivity index (χ1v) is 7.53. The van der Waals surface area contributed by atoms with Gasteiger partial charge in [0.1, 0.15) is 0 Å². The van der Waals surface area contributed by atoms with Gasteiger partial charge in [-0.1, -0.05) is 28.9 Å². The number of halogens is 1. The van der Waals surface area contributed by atoms with Crippen LogP contribution in [0.2, 0.25) is 0 Å². The Morgan fingerprint density at radius 1 is 1.28 bits per heavy atom. The van der Waals surface area contributed by atoms with E-state index in [-0.39, 0.29) is 6.61 Å². The summed E-state index contributed by atoms with van der Waals surface area (Å²) in [7, 11) is 2.15. The predicted octanol–water partition coefficient (Wildman–Crippen LogP) is 3.96. The van der Waals surface area contributed by atoms with E-state index < -0.39 is 0 Å². The van der Waals surface area contributed by atoms with Gasteiger partial charge in [0.2, 0.25) is 0 Å². The standard InChI is InChI=1S/C15H22BrNO/c1-11-3-7-14(8-4-11)17(2)15-9-13(16)6-5-12(15)10-18/h5-6,9,11,14,18H,3-4,7-8,10H2,1-2H3. The second-order valence-corrected chi connectivity index (χ2v) is 6.37. The third-order valence-electron chi connectivity index (χ3n) is 4.13. The maximum Gasteiger partial charge on any atom is 0.0702 e. The Bertz CT molecular complexity index is 399. The smallest absolute Gasteiger partial charge is 0.0702 e. The van der Waals surface area contributed by atoms with Gasteiger partial charge in [-0.15, -0.1) is 0 Å². The van der Waals surface area contributed by atoms with Crippen molar-refractivity contribution >= 4 is 21.6 Å². The number of aliphatic hydroxyl groups is 1. The lowest BCUT2D eigenvalue weighted by atomic mass is 9.86. The maximum atomic E-state index is 9.46. The number of hydrogen-bond donors (Lipinski definition) is 1. The van der Waals surface area contributed by atoms with Gasteiger partial charge < -0.3 is 10.0 Å². The van der Waals surface area contributed by atoms with Gasteiger partial charge in [-0.2, -0.15) is 0 Å². The van der Waals surface area contributed by atoms with Crippen LogP contribution in [0.15, 0.2) is 22.7 Å². The lowest BCUT2D eigenvalue weighted by Crippen LogP contribution is -2.35. The minimum atomic E-state index is 0.107. The van der Waals surface area contributed by atoms with Crippen LogP contribution in [0.4, 0.5) is 5.69 Å². The lowest BCUT2D eigenvalue weighted by molar-refractivity contribution is 0.281. The van der Waals surface area contributed by atoms with Crippen LogP contribution in [0.25, 0.3) is 0 Å². The molecule has 0 saturated heterocycles. The topological polar surface area (TPSA) is 23.5 Å². The number of benzene rings is 1. The number of anilines is 1. The highest BCUT2D eigenvalue weighted by Crippen LogP contribution is 2.32. The molecule has 0 aliphatic heterocycles. The van der Waals surface area contributed by atoms with Crippen LogP contribution < -0.4 is 4.90 Å². The summed E-state index contributed by atoms with van der Waals surface area (Å²) in [5.41, 5.74) is 2.17. The molecule has 0 unspecified atom stereocenters. The van der Waals surface area contributed by atoms with Gasteiger partial charge in [0.05, 0.1) is 6.61 Å². The molecule has 2 nitrogen and oxygen atoms in total. The van der Waals surface area contributed by atoms with E-state index in [9.17, 15) is 5.11 Å². The fraction of sp³-hybridized carbons (Fsp3) is 0.600. The fourth-order valence-corrected chi connectivity index (χ4v) is 3.17. The molecule has 1 fully saturated rings. The third kappa shape index (κ3) is 3.07. The van der Waals surface area contributed by atoms with Gasteiger partial charge in [-0.05, 0) is 43.7 Å². The monoisotopic (exact) mass is 311 g/mol. The maximum absolute atomic E-state index is 9.46. The largest absolute Gasteiger partial charge is 0.392 e. The number of aliphatic hydroxyl groups excluding tert-OH is 1. The first-order valence-electron chi connectivity index (χ1n) is 6.74. The number of hydrogen-bond acceptors (Lipinski definition) is 2. The lowest BCUT2D eigenvalue weighted by Gasteiger charge is -2.36. The molecular weight excluding hydrogens is 290 g/mol. The Hall–Kier alpha value is -0.540. The van der Waals surface area contributed by atoms with E-state index in [1.165, 1.54) is 25.7 Å². The molecule has 1 aromatic rings. The predicted molar refractivity (Wildman–Crippen MR) is 79.9 cm³/mol. The molecule has 18 heavy (non-hydrogen) atoms. The molecule has 0 radical (unpaired) electrons. The zero-order valence-electron chi connectivity index (χ0n) is 11.2. The van der Waals surface area contributed by atoms with Gasteiger partial charge in [-0.3, -0.25) is 0 Å². The molecule has 0 atom stereocenters. The van der Waals surface area contributed by atoms with Crippen molar-refractivity contribution in [1.82, 2.24) is 0 Å². The molecule has 1 aliphatic carbocycles. The molecule has 0 aromatic heterocycles. The van der Waals surface area contributed by atoms with E-state index >= 15 is 0 Å². The number of rotatable bonds is 3.